The molecule has 31 heavy (non-hydrogen) atoms. The fraction of sp³-hybridized carbons (Fsp3) is 0.261. The van der Waals surface area contributed by atoms with E-state index in [0.717, 1.165) is 58.4 Å². The van der Waals surface area contributed by atoms with E-state index in [1.165, 1.54) is 16.8 Å². The fourth-order valence-electron chi connectivity index (χ4n) is 4.01. The molecule has 4 aromatic rings. The second-order valence-electron chi connectivity index (χ2n) is 7.92. The first-order chi connectivity index (χ1) is 15.0. The maximum absolute atomic E-state index is 12.2. The van der Waals surface area contributed by atoms with Crippen LogP contribution in [0.15, 0.2) is 47.5 Å². The van der Waals surface area contributed by atoms with Gasteiger partial charge in [-0.1, -0.05) is 0 Å². The van der Waals surface area contributed by atoms with E-state index in [1.54, 1.807) is 0 Å². The van der Waals surface area contributed by atoms with Crippen molar-refractivity contribution in [3.8, 4) is 0 Å². The first-order valence-electron chi connectivity index (χ1n) is 10.3. The Labute approximate surface area is 179 Å². The van der Waals surface area contributed by atoms with E-state index in [1.807, 2.05) is 45.2 Å². The number of pyridine rings is 2. The minimum atomic E-state index is -0.182. The molecule has 1 aliphatic rings. The summed E-state index contributed by atoms with van der Waals surface area (Å²) in [7, 11) is 0. The topological polar surface area (TPSA) is 88.3 Å². The zero-order valence-corrected chi connectivity index (χ0v) is 17.8. The molecule has 156 valence electrons. The lowest BCUT2D eigenvalue weighted by Gasteiger charge is -2.30. The van der Waals surface area contributed by atoms with Crippen LogP contribution in [0.5, 0.6) is 0 Å². The molecule has 1 N–H and O–H groups in total. The van der Waals surface area contributed by atoms with Crippen LogP contribution in [0.4, 0.5) is 17.2 Å². The largest absolute Gasteiger partial charge is 0.353 e. The first kappa shape index (κ1) is 19.2. The minimum Gasteiger partial charge on any atom is -0.353 e. The van der Waals surface area contributed by atoms with Gasteiger partial charge < -0.3 is 10.2 Å². The summed E-state index contributed by atoms with van der Waals surface area (Å²) in [6.07, 6.45) is 4.21. The fourth-order valence-corrected chi connectivity index (χ4v) is 4.01. The van der Waals surface area contributed by atoms with Crippen molar-refractivity contribution in [3.63, 3.8) is 0 Å². The molecule has 4 aromatic heterocycles. The van der Waals surface area contributed by atoms with Crippen molar-refractivity contribution in [2.24, 2.45) is 0 Å². The van der Waals surface area contributed by atoms with E-state index in [9.17, 15) is 4.79 Å². The molecule has 8 nitrogen and oxygen atoms in total. The van der Waals surface area contributed by atoms with Crippen LogP contribution in [0.3, 0.4) is 0 Å². The quantitative estimate of drug-likeness (QED) is 0.552. The standard InChI is InChI=1S/C23H23N7O/c1-14-10-21-24-8-6-22(31)30(21)28-23(14)29-9-7-20-17(13-29)11-18(12-25-20)27-19-5-4-15(2)26-16(19)3/h4-6,8,10-12,27H,7,9,13H2,1-3H3. The second kappa shape index (κ2) is 7.46. The lowest BCUT2D eigenvalue weighted by atomic mass is 10.0. The Morgan fingerprint density at radius 1 is 1.06 bits per heavy atom. The number of anilines is 3. The van der Waals surface area contributed by atoms with Crippen molar-refractivity contribution in [1.82, 2.24) is 24.6 Å². The SMILES string of the molecule is Cc1ccc(Nc2cnc3c(c2)CN(c2nn4c(=O)ccnc4cc2C)CC3)c(C)n1. The van der Waals surface area contributed by atoms with Crippen molar-refractivity contribution in [1.29, 1.82) is 0 Å². The van der Waals surface area contributed by atoms with Crippen LogP contribution < -0.4 is 15.8 Å². The summed E-state index contributed by atoms with van der Waals surface area (Å²) in [4.78, 5) is 27.9. The van der Waals surface area contributed by atoms with Crippen molar-refractivity contribution in [2.45, 2.75) is 33.7 Å². The van der Waals surface area contributed by atoms with Crippen LogP contribution in [0.1, 0.15) is 28.2 Å². The summed E-state index contributed by atoms with van der Waals surface area (Å²) in [6.45, 7) is 7.45. The molecule has 0 atom stereocenters. The van der Waals surface area contributed by atoms with E-state index < -0.39 is 0 Å². The molecule has 1 aliphatic heterocycles. The van der Waals surface area contributed by atoms with Crippen molar-refractivity contribution in [3.05, 3.63) is 81.3 Å². The van der Waals surface area contributed by atoms with Crippen LogP contribution in [-0.4, -0.2) is 31.1 Å². The van der Waals surface area contributed by atoms with E-state index in [0.29, 0.717) is 12.2 Å². The van der Waals surface area contributed by atoms with Gasteiger partial charge >= 0.3 is 0 Å². The monoisotopic (exact) mass is 413 g/mol. The molecule has 0 fully saturated rings. The lowest BCUT2D eigenvalue weighted by molar-refractivity contribution is 0.686. The van der Waals surface area contributed by atoms with Gasteiger partial charge in [0.25, 0.3) is 5.56 Å². The minimum absolute atomic E-state index is 0.182. The highest BCUT2D eigenvalue weighted by atomic mass is 16.1. The predicted octanol–water partition coefficient (Wildman–Crippen LogP) is 3.11. The number of hydrogen-bond donors (Lipinski definition) is 1. The Morgan fingerprint density at radius 3 is 2.77 bits per heavy atom. The predicted molar refractivity (Wildman–Crippen MR) is 120 cm³/mol. The Hall–Kier alpha value is -3.81. The summed E-state index contributed by atoms with van der Waals surface area (Å²) in [5.74, 6) is 0.796. The third-order valence-corrected chi connectivity index (χ3v) is 5.59. The Bertz CT molecular complexity index is 1360. The molecule has 8 heteroatoms. The van der Waals surface area contributed by atoms with Gasteiger partial charge in [-0.05, 0) is 56.2 Å². The molecule has 0 aliphatic carbocycles. The molecular formula is C23H23N7O. The third-order valence-electron chi connectivity index (χ3n) is 5.59. The average molecular weight is 413 g/mol. The van der Waals surface area contributed by atoms with Gasteiger partial charge in [0.05, 0.1) is 23.3 Å². The Kier molecular flexibility index (Phi) is 4.62. The lowest BCUT2D eigenvalue weighted by Crippen LogP contribution is -2.33. The molecule has 5 heterocycles. The maximum Gasteiger partial charge on any atom is 0.274 e. The van der Waals surface area contributed by atoms with Crippen LogP contribution in [0.2, 0.25) is 0 Å². The molecule has 0 aromatic carbocycles. The van der Waals surface area contributed by atoms with Crippen molar-refractivity contribution < 1.29 is 0 Å². The van der Waals surface area contributed by atoms with Gasteiger partial charge in [-0.3, -0.25) is 14.8 Å². The molecule has 0 unspecified atom stereocenters. The normalized spacial score (nSPS) is 13.3. The van der Waals surface area contributed by atoms with E-state index in [-0.39, 0.29) is 5.56 Å². The molecule has 5 rings (SSSR count). The first-order valence-corrected chi connectivity index (χ1v) is 10.3. The Balaban J connectivity index is 1.45. The van der Waals surface area contributed by atoms with Crippen molar-refractivity contribution in [2.75, 3.05) is 16.8 Å². The van der Waals surface area contributed by atoms with Gasteiger partial charge in [-0.15, -0.1) is 5.10 Å². The highest BCUT2D eigenvalue weighted by Crippen LogP contribution is 2.27. The zero-order chi connectivity index (χ0) is 21.5. The summed E-state index contributed by atoms with van der Waals surface area (Å²) in [6, 6.07) is 9.50. The number of rotatable bonds is 3. The van der Waals surface area contributed by atoms with E-state index in [4.69, 9.17) is 0 Å². The smallest absolute Gasteiger partial charge is 0.274 e. The number of aromatic nitrogens is 5. The number of nitrogens with one attached hydrogen (secondary N) is 1. The number of nitrogens with zero attached hydrogens (tertiary/aromatic N) is 6. The number of hydrogen-bond acceptors (Lipinski definition) is 7. The van der Waals surface area contributed by atoms with E-state index in [2.05, 4.69) is 36.3 Å². The van der Waals surface area contributed by atoms with Gasteiger partial charge in [-0.25, -0.2) is 4.98 Å². The van der Waals surface area contributed by atoms with Gasteiger partial charge in [-0.2, -0.15) is 4.52 Å². The zero-order valence-electron chi connectivity index (χ0n) is 17.8. The molecule has 0 amide bonds. The molecule has 0 saturated carbocycles. The highest BCUT2D eigenvalue weighted by molar-refractivity contribution is 5.62. The molecular weight excluding hydrogens is 390 g/mol. The van der Waals surface area contributed by atoms with Gasteiger partial charge in [0.1, 0.15) is 0 Å². The summed E-state index contributed by atoms with van der Waals surface area (Å²) >= 11 is 0. The maximum atomic E-state index is 12.2. The third kappa shape index (κ3) is 3.61. The number of fused-ring (bicyclic) bond motifs is 2. The highest BCUT2D eigenvalue weighted by Gasteiger charge is 2.21. The van der Waals surface area contributed by atoms with Gasteiger partial charge in [0.2, 0.25) is 0 Å². The van der Waals surface area contributed by atoms with Crippen LogP contribution in [0.25, 0.3) is 5.65 Å². The van der Waals surface area contributed by atoms with Gasteiger partial charge in [0, 0.05) is 43.2 Å². The van der Waals surface area contributed by atoms with Gasteiger partial charge in [0.15, 0.2) is 11.5 Å². The second-order valence-corrected chi connectivity index (χ2v) is 7.92. The van der Waals surface area contributed by atoms with Crippen molar-refractivity contribution >= 4 is 22.8 Å². The summed E-state index contributed by atoms with van der Waals surface area (Å²) < 4.78 is 1.36. The van der Waals surface area contributed by atoms with Crippen LogP contribution in [0, 0.1) is 20.8 Å². The number of aryl methyl sites for hydroxylation is 3. The summed E-state index contributed by atoms with van der Waals surface area (Å²) in [5, 5.41) is 8.04. The van der Waals surface area contributed by atoms with Crippen LogP contribution in [-0.2, 0) is 13.0 Å². The molecule has 0 saturated heterocycles. The average Bonchev–Trinajstić information content (AvgIpc) is 2.75. The molecule has 0 spiro atoms. The molecule has 0 bridgehead atoms. The van der Waals surface area contributed by atoms with Crippen LogP contribution >= 0.6 is 0 Å². The van der Waals surface area contributed by atoms with E-state index >= 15 is 0 Å². The molecule has 0 radical (unpaired) electrons. The summed E-state index contributed by atoms with van der Waals surface area (Å²) in [5.41, 5.74) is 7.46. The Morgan fingerprint density at radius 2 is 1.94 bits per heavy atom.